The zero-order valence-electron chi connectivity index (χ0n) is 38.7. The predicted molar refractivity (Wildman–Crippen MR) is 273 cm³/mol. The normalized spacial score (nSPS) is 14.4. The number of carbonyl (C=O) groups excluding carboxylic acids is 7. The molecular formula is C50H63N9O8S2. The molecule has 69 heavy (non-hydrogen) atoms. The molecule has 0 saturated heterocycles. The molecule has 1 heterocycles. The number of hydrogen-bond donors (Lipinski definition) is 12. The highest BCUT2D eigenvalue weighted by Crippen LogP contribution is 2.21. The lowest BCUT2D eigenvalue weighted by Crippen LogP contribution is -2.61. The quantitative estimate of drug-likeness (QED) is 0.0218. The first-order valence-electron chi connectivity index (χ1n) is 22.9. The maximum absolute atomic E-state index is 14.6. The van der Waals surface area contributed by atoms with Gasteiger partial charge in [-0.2, -0.15) is 25.3 Å². The van der Waals surface area contributed by atoms with Crippen molar-refractivity contribution >= 4 is 88.7 Å². The smallest absolute Gasteiger partial charge is 0.244 e. The second-order valence-corrected chi connectivity index (χ2v) is 18.0. The molecule has 5 rings (SSSR count). The van der Waals surface area contributed by atoms with Crippen molar-refractivity contribution in [3.63, 3.8) is 0 Å². The molecule has 0 aliphatic carbocycles. The maximum Gasteiger partial charge on any atom is 0.244 e. The Morgan fingerprint density at radius 3 is 1.88 bits per heavy atom. The van der Waals surface area contributed by atoms with Crippen molar-refractivity contribution < 1.29 is 38.7 Å². The van der Waals surface area contributed by atoms with E-state index in [4.69, 9.17) is 11.5 Å². The van der Waals surface area contributed by atoms with E-state index in [1.54, 1.807) is 32.2 Å². The number of aldehydes is 1. The molecule has 19 heteroatoms. The van der Waals surface area contributed by atoms with E-state index < -0.39 is 83.7 Å². The number of nitrogens with one attached hydrogen (secondary N) is 7. The van der Waals surface area contributed by atoms with Crippen molar-refractivity contribution in [2.24, 2.45) is 17.4 Å². The number of benzene rings is 4. The van der Waals surface area contributed by atoms with Gasteiger partial charge in [-0.15, -0.1) is 0 Å². The van der Waals surface area contributed by atoms with E-state index in [2.05, 4.69) is 62.1 Å². The summed E-state index contributed by atoms with van der Waals surface area (Å²) in [5.74, 6) is -4.70. The van der Waals surface area contributed by atoms with Gasteiger partial charge in [0.05, 0.1) is 12.1 Å². The highest BCUT2D eigenvalue weighted by molar-refractivity contribution is 7.80. The molecule has 0 fully saturated rings. The van der Waals surface area contributed by atoms with Gasteiger partial charge in [-0.3, -0.25) is 28.8 Å². The van der Waals surface area contributed by atoms with Crippen LogP contribution in [0.2, 0.25) is 0 Å². The Hall–Kier alpha value is -6.41. The van der Waals surface area contributed by atoms with Crippen LogP contribution in [0, 0.1) is 5.92 Å². The van der Waals surface area contributed by atoms with E-state index in [9.17, 15) is 38.7 Å². The maximum atomic E-state index is 14.6. The van der Waals surface area contributed by atoms with Gasteiger partial charge >= 0.3 is 0 Å². The van der Waals surface area contributed by atoms with Crippen LogP contribution in [0.3, 0.4) is 0 Å². The molecule has 0 aliphatic rings. The van der Waals surface area contributed by atoms with Crippen molar-refractivity contribution in [2.45, 2.75) is 94.7 Å². The number of phenolic OH excluding ortho intramolecular Hbond substituents is 1. The number of aromatic nitrogens is 1. The van der Waals surface area contributed by atoms with Crippen LogP contribution in [0.5, 0.6) is 5.75 Å². The van der Waals surface area contributed by atoms with Crippen LogP contribution < -0.4 is 43.4 Å². The summed E-state index contributed by atoms with van der Waals surface area (Å²) >= 11 is 8.46. The second kappa shape index (κ2) is 26.4. The summed E-state index contributed by atoms with van der Waals surface area (Å²) in [5, 5.41) is 29.2. The second-order valence-electron chi connectivity index (χ2n) is 17.3. The number of unbranched alkanes of at least 4 members (excludes halogenated alkanes) is 1. The van der Waals surface area contributed by atoms with Gasteiger partial charge in [0.1, 0.15) is 42.2 Å². The Kier molecular flexibility index (Phi) is 20.5. The van der Waals surface area contributed by atoms with E-state index in [-0.39, 0.29) is 42.9 Å². The third-order valence-electron chi connectivity index (χ3n) is 11.7. The molecule has 6 amide bonds. The van der Waals surface area contributed by atoms with E-state index in [0.29, 0.717) is 36.8 Å². The molecule has 0 aliphatic heterocycles. The van der Waals surface area contributed by atoms with Crippen LogP contribution in [-0.2, 0) is 52.8 Å². The number of amides is 6. The van der Waals surface area contributed by atoms with Gasteiger partial charge in [-0.1, -0.05) is 86.6 Å². The van der Waals surface area contributed by atoms with Crippen LogP contribution in [0.15, 0.2) is 97.2 Å². The summed E-state index contributed by atoms with van der Waals surface area (Å²) in [5.41, 5.74) is 14.9. The Morgan fingerprint density at radius 1 is 0.638 bits per heavy atom. The molecule has 0 spiro atoms. The zero-order chi connectivity index (χ0) is 50.0. The van der Waals surface area contributed by atoms with Crippen molar-refractivity contribution in [3.8, 4) is 5.75 Å². The van der Waals surface area contributed by atoms with Crippen molar-refractivity contribution in [2.75, 3.05) is 18.1 Å². The van der Waals surface area contributed by atoms with Crippen LogP contribution >= 0.6 is 25.3 Å². The fourth-order valence-corrected chi connectivity index (χ4v) is 8.19. The molecule has 0 bridgehead atoms. The van der Waals surface area contributed by atoms with Crippen LogP contribution in [0.25, 0.3) is 21.7 Å². The first-order chi connectivity index (χ1) is 33.1. The first-order valence-corrected chi connectivity index (χ1v) is 24.2. The number of rotatable bonds is 26. The minimum Gasteiger partial charge on any atom is -0.508 e. The number of phenols is 1. The van der Waals surface area contributed by atoms with E-state index in [1.165, 1.54) is 12.1 Å². The number of H-pyrrole nitrogens is 1. The molecule has 12 N–H and O–H groups in total. The number of fused-ring (bicyclic) bond motifs is 2. The molecular weight excluding hydrogens is 919 g/mol. The lowest BCUT2D eigenvalue weighted by molar-refractivity contribution is -0.135. The average Bonchev–Trinajstić information content (AvgIpc) is 3.75. The van der Waals surface area contributed by atoms with Gasteiger partial charge in [0.25, 0.3) is 0 Å². The van der Waals surface area contributed by atoms with Gasteiger partial charge in [0, 0.05) is 41.4 Å². The van der Waals surface area contributed by atoms with Crippen molar-refractivity contribution in [1.82, 2.24) is 36.9 Å². The van der Waals surface area contributed by atoms with Crippen molar-refractivity contribution in [3.05, 3.63) is 114 Å². The topological polar surface area (TPSA) is 280 Å². The highest BCUT2D eigenvalue weighted by atomic mass is 32.1. The number of hydrogen-bond acceptors (Lipinski definition) is 12. The molecule has 0 radical (unpaired) electrons. The molecule has 0 saturated carbocycles. The molecule has 7 atom stereocenters. The lowest BCUT2D eigenvalue weighted by Gasteiger charge is -2.28. The number of para-hydroxylation sites is 1. The number of aromatic amines is 1. The number of thiol groups is 2. The first kappa shape index (κ1) is 53.5. The summed E-state index contributed by atoms with van der Waals surface area (Å²) in [6.45, 7) is 3.76. The summed E-state index contributed by atoms with van der Waals surface area (Å²) in [6, 6.07) is 18.9. The third-order valence-corrected chi connectivity index (χ3v) is 12.4. The molecule has 0 unspecified atom stereocenters. The molecule has 17 nitrogen and oxygen atoms in total. The fourth-order valence-electron chi connectivity index (χ4n) is 7.75. The molecule has 1 aromatic heterocycles. The number of carbonyl (C=O) groups is 7. The summed E-state index contributed by atoms with van der Waals surface area (Å²) in [7, 11) is 0. The van der Waals surface area contributed by atoms with Crippen LogP contribution in [0.4, 0.5) is 0 Å². The van der Waals surface area contributed by atoms with Gasteiger partial charge in [0.2, 0.25) is 35.4 Å². The van der Waals surface area contributed by atoms with E-state index in [1.807, 2.05) is 66.7 Å². The zero-order valence-corrected chi connectivity index (χ0v) is 40.4. The van der Waals surface area contributed by atoms with Gasteiger partial charge in [0.15, 0.2) is 0 Å². The Bertz CT molecular complexity index is 2560. The predicted octanol–water partition coefficient (Wildman–Crippen LogP) is 2.13. The van der Waals surface area contributed by atoms with Gasteiger partial charge in [-0.25, -0.2) is 0 Å². The van der Waals surface area contributed by atoms with Crippen LogP contribution in [-0.4, -0.2) is 112 Å². The monoisotopic (exact) mass is 981 g/mol. The molecule has 368 valence electrons. The number of aromatic hydroxyl groups is 1. The summed E-state index contributed by atoms with van der Waals surface area (Å²) in [6.07, 6.45) is 3.37. The van der Waals surface area contributed by atoms with E-state index >= 15 is 0 Å². The van der Waals surface area contributed by atoms with Crippen LogP contribution in [0.1, 0.15) is 49.8 Å². The Balaban J connectivity index is 1.39. The largest absolute Gasteiger partial charge is 0.508 e. The van der Waals surface area contributed by atoms with Crippen molar-refractivity contribution in [1.29, 1.82) is 0 Å². The minimum absolute atomic E-state index is 0.0228. The number of nitrogens with two attached hydrogens (primary N) is 2. The Labute approximate surface area is 412 Å². The molecule has 5 aromatic rings. The fraction of sp³-hybridized carbons (Fsp3) is 0.380. The standard InChI is InChI=1S/C50H63N9O8S2/c1-29(2)44(50(67)54-35(26-60)27-68)59-46(63)40(13-7-8-20-51)55-48(65)42(24-34-25-53-39-12-6-5-11-37(34)39)57-47(64)41(23-30-15-18-36(61)19-16-30)56-49(66)43(28-69)58-45(62)38(52)22-31-14-17-32-9-3-4-10-33(32)21-31/h3-6,9-12,14-19,21,25-26,29,35,38,40-44,53,61,68-69H,7-8,13,20,22-24,27-28,51-52H2,1-2H3,(H,54,67)(H,55,65)(H,56,66)(H,57,64)(H,58,62)(H,59,63)/t35-,38-,40+,41+,42-,43+,44+/m1/s1. The highest BCUT2D eigenvalue weighted by Gasteiger charge is 2.34. The summed E-state index contributed by atoms with van der Waals surface area (Å²) in [4.78, 5) is 98.6. The lowest BCUT2D eigenvalue weighted by atomic mass is 10.00. The van der Waals surface area contributed by atoms with Gasteiger partial charge < -0.3 is 58.3 Å². The SMILES string of the molecule is CC(C)[C@H](NC(=O)[C@H](CCCCN)NC(=O)[C@@H](Cc1c[nH]c2ccccc12)NC(=O)[C@H](Cc1ccc(O)cc1)NC(=O)[C@H](CS)NC(=O)[C@H](N)Cc1ccc2ccccc2c1)C(=O)N[C@H](C=O)CS. The molecule has 4 aromatic carbocycles. The van der Waals surface area contributed by atoms with Gasteiger partial charge in [-0.05, 0) is 83.8 Å². The van der Waals surface area contributed by atoms with E-state index in [0.717, 1.165) is 27.2 Å². The Morgan fingerprint density at radius 2 is 1.23 bits per heavy atom. The minimum atomic E-state index is -1.34. The average molecular weight is 982 g/mol. The summed E-state index contributed by atoms with van der Waals surface area (Å²) < 4.78 is 0. The third kappa shape index (κ3) is 15.6.